The summed E-state index contributed by atoms with van der Waals surface area (Å²) in [6.07, 6.45) is 8.93. The smallest absolute Gasteiger partial charge is 0.222 e. The molecule has 0 bridgehead atoms. The quantitative estimate of drug-likeness (QED) is 0.894. The number of piperidine rings is 1. The van der Waals surface area contributed by atoms with Crippen LogP contribution >= 0.6 is 0 Å². The van der Waals surface area contributed by atoms with Crippen LogP contribution in [0.3, 0.4) is 0 Å². The summed E-state index contributed by atoms with van der Waals surface area (Å²) in [7, 11) is 1.81. The summed E-state index contributed by atoms with van der Waals surface area (Å²) in [6.45, 7) is 2.75. The lowest BCUT2D eigenvalue weighted by atomic mass is 9.81. The minimum absolute atomic E-state index is 0.109. The number of hydrogen-bond donors (Lipinski definition) is 1. The van der Waals surface area contributed by atoms with Gasteiger partial charge in [-0.25, -0.2) is 4.98 Å². The number of nitrogen functional groups attached to an aromatic ring is 1. The maximum Gasteiger partial charge on any atom is 0.222 e. The molecule has 2 N–H and O–H groups in total. The molecule has 6 heteroatoms. The molecule has 1 spiro atoms. The highest BCUT2D eigenvalue weighted by Crippen LogP contribution is 2.39. The first kappa shape index (κ1) is 16.1. The molecule has 1 aliphatic carbocycles. The number of ether oxygens (including phenoxy) is 2. The van der Waals surface area contributed by atoms with Crippen molar-refractivity contribution in [1.29, 1.82) is 0 Å². The Morgan fingerprint density at radius 3 is 2.75 bits per heavy atom. The Balaban J connectivity index is 1.55. The minimum Gasteiger partial charge on any atom is -0.378 e. The zero-order valence-electron chi connectivity index (χ0n) is 14.6. The third kappa shape index (κ3) is 2.75. The molecule has 1 unspecified atom stereocenters. The first-order valence-corrected chi connectivity index (χ1v) is 9.29. The van der Waals surface area contributed by atoms with Crippen LogP contribution in [0.4, 0.5) is 11.8 Å². The summed E-state index contributed by atoms with van der Waals surface area (Å²) in [6, 6.07) is 0. The van der Waals surface area contributed by atoms with E-state index in [1.807, 2.05) is 7.11 Å². The predicted molar refractivity (Wildman–Crippen MR) is 93.2 cm³/mol. The van der Waals surface area contributed by atoms with E-state index < -0.39 is 0 Å². The molecule has 1 aromatic heterocycles. The number of hydrogen-bond acceptors (Lipinski definition) is 6. The zero-order valence-corrected chi connectivity index (χ0v) is 14.6. The Bertz CT molecular complexity index is 599. The molecule has 6 nitrogen and oxygen atoms in total. The predicted octanol–water partition coefficient (Wildman–Crippen LogP) is 2.10. The molecule has 3 aliphatic rings. The number of aromatic nitrogens is 2. The van der Waals surface area contributed by atoms with E-state index in [2.05, 4.69) is 14.9 Å². The van der Waals surface area contributed by atoms with Gasteiger partial charge in [-0.15, -0.1) is 0 Å². The van der Waals surface area contributed by atoms with Crippen LogP contribution in [0.1, 0.15) is 49.8 Å². The summed E-state index contributed by atoms with van der Waals surface area (Å²) in [5.74, 6) is 1.48. The standard InChI is InChI=1S/C18H28N4O2/c1-23-15-7-4-12-24-18(15)8-10-22(11-9-18)16-13-5-2-3-6-14(13)20-17(19)21-16/h15H,2-12H2,1H3,(H2,19,20,21). The fourth-order valence-corrected chi connectivity index (χ4v) is 4.65. The number of anilines is 2. The first-order chi connectivity index (χ1) is 11.7. The largest absolute Gasteiger partial charge is 0.378 e. The monoisotopic (exact) mass is 332 g/mol. The molecule has 0 aromatic carbocycles. The molecule has 0 amide bonds. The van der Waals surface area contributed by atoms with E-state index in [1.165, 1.54) is 18.4 Å². The second kappa shape index (κ2) is 6.48. The fourth-order valence-electron chi connectivity index (χ4n) is 4.65. The molecule has 0 radical (unpaired) electrons. The topological polar surface area (TPSA) is 73.5 Å². The molecule has 1 atom stereocenters. The lowest BCUT2D eigenvalue weighted by Crippen LogP contribution is -2.56. The van der Waals surface area contributed by atoms with E-state index in [4.69, 9.17) is 15.2 Å². The highest BCUT2D eigenvalue weighted by molar-refractivity contribution is 5.53. The highest BCUT2D eigenvalue weighted by Gasteiger charge is 2.45. The molecule has 4 rings (SSSR count). The van der Waals surface area contributed by atoms with Crippen molar-refractivity contribution in [3.8, 4) is 0 Å². The Kier molecular flexibility index (Phi) is 4.35. The van der Waals surface area contributed by atoms with Crippen LogP contribution in [0.2, 0.25) is 0 Å². The third-order valence-corrected chi connectivity index (χ3v) is 5.96. The van der Waals surface area contributed by atoms with Crippen LogP contribution < -0.4 is 10.6 Å². The van der Waals surface area contributed by atoms with Gasteiger partial charge in [0.2, 0.25) is 5.95 Å². The van der Waals surface area contributed by atoms with Crippen molar-refractivity contribution in [3.63, 3.8) is 0 Å². The van der Waals surface area contributed by atoms with Gasteiger partial charge in [0, 0.05) is 32.4 Å². The molecule has 3 heterocycles. The van der Waals surface area contributed by atoms with E-state index in [-0.39, 0.29) is 11.7 Å². The minimum atomic E-state index is -0.109. The van der Waals surface area contributed by atoms with E-state index in [0.29, 0.717) is 5.95 Å². The van der Waals surface area contributed by atoms with Crippen LogP contribution in [0.5, 0.6) is 0 Å². The molecule has 24 heavy (non-hydrogen) atoms. The third-order valence-electron chi connectivity index (χ3n) is 5.96. The van der Waals surface area contributed by atoms with Crippen molar-refractivity contribution in [1.82, 2.24) is 9.97 Å². The van der Waals surface area contributed by atoms with Gasteiger partial charge in [-0.05, 0) is 51.4 Å². The fraction of sp³-hybridized carbons (Fsp3) is 0.778. The van der Waals surface area contributed by atoms with Gasteiger partial charge in [-0.3, -0.25) is 0 Å². The van der Waals surface area contributed by atoms with Crippen molar-refractivity contribution >= 4 is 11.8 Å². The molecule has 2 saturated heterocycles. The van der Waals surface area contributed by atoms with Gasteiger partial charge in [0.05, 0.1) is 17.4 Å². The van der Waals surface area contributed by atoms with Gasteiger partial charge in [-0.2, -0.15) is 4.98 Å². The maximum atomic E-state index is 6.22. The molecule has 0 saturated carbocycles. The Morgan fingerprint density at radius 1 is 1.17 bits per heavy atom. The number of rotatable bonds is 2. The van der Waals surface area contributed by atoms with E-state index in [9.17, 15) is 0 Å². The van der Waals surface area contributed by atoms with Crippen molar-refractivity contribution in [2.75, 3.05) is 37.4 Å². The average molecular weight is 332 g/mol. The average Bonchev–Trinajstić information content (AvgIpc) is 2.62. The van der Waals surface area contributed by atoms with Gasteiger partial charge >= 0.3 is 0 Å². The number of nitrogens with zero attached hydrogens (tertiary/aromatic N) is 3. The summed E-state index contributed by atoms with van der Waals surface area (Å²) in [5, 5.41) is 0. The Morgan fingerprint density at radius 2 is 1.96 bits per heavy atom. The number of methoxy groups -OCH3 is 1. The van der Waals surface area contributed by atoms with Crippen molar-refractivity contribution in [3.05, 3.63) is 11.3 Å². The molecule has 132 valence electrons. The molecule has 1 aromatic rings. The van der Waals surface area contributed by atoms with Crippen molar-refractivity contribution in [2.24, 2.45) is 0 Å². The Hall–Kier alpha value is -1.40. The lowest BCUT2D eigenvalue weighted by molar-refractivity contribution is -0.175. The zero-order chi connectivity index (χ0) is 16.6. The summed E-state index contributed by atoms with van der Waals surface area (Å²) < 4.78 is 12.0. The van der Waals surface area contributed by atoms with Crippen LogP contribution in [0.25, 0.3) is 0 Å². The molecule has 2 aliphatic heterocycles. The van der Waals surface area contributed by atoms with E-state index in [0.717, 1.165) is 69.7 Å². The van der Waals surface area contributed by atoms with Gasteiger partial charge in [0.25, 0.3) is 0 Å². The number of fused-ring (bicyclic) bond motifs is 1. The van der Waals surface area contributed by atoms with Crippen LogP contribution in [-0.2, 0) is 22.3 Å². The SMILES string of the molecule is COC1CCCOC12CCN(c1nc(N)nc3c1CCCC3)CC2. The number of nitrogens with two attached hydrogens (primary N) is 1. The summed E-state index contributed by atoms with van der Waals surface area (Å²) in [5.41, 5.74) is 8.35. The van der Waals surface area contributed by atoms with Gasteiger partial charge in [-0.1, -0.05) is 0 Å². The molecular weight excluding hydrogens is 304 g/mol. The molecular formula is C18H28N4O2. The summed E-state index contributed by atoms with van der Waals surface area (Å²) in [4.78, 5) is 11.5. The van der Waals surface area contributed by atoms with Gasteiger partial charge < -0.3 is 20.1 Å². The second-order valence-electron chi connectivity index (χ2n) is 7.30. The van der Waals surface area contributed by atoms with Gasteiger partial charge in [0.1, 0.15) is 5.82 Å². The lowest BCUT2D eigenvalue weighted by Gasteiger charge is -2.48. The van der Waals surface area contributed by atoms with Crippen molar-refractivity contribution < 1.29 is 9.47 Å². The van der Waals surface area contributed by atoms with Gasteiger partial charge in [0.15, 0.2) is 0 Å². The number of aryl methyl sites for hydroxylation is 1. The van der Waals surface area contributed by atoms with Crippen LogP contribution in [-0.4, -0.2) is 48.5 Å². The normalized spacial score (nSPS) is 26.4. The highest BCUT2D eigenvalue weighted by atomic mass is 16.5. The van der Waals surface area contributed by atoms with Crippen molar-refractivity contribution in [2.45, 2.75) is 63.1 Å². The van der Waals surface area contributed by atoms with E-state index in [1.54, 1.807) is 0 Å². The Labute approximate surface area is 143 Å². The van der Waals surface area contributed by atoms with Crippen LogP contribution in [0.15, 0.2) is 0 Å². The summed E-state index contributed by atoms with van der Waals surface area (Å²) >= 11 is 0. The second-order valence-corrected chi connectivity index (χ2v) is 7.30. The van der Waals surface area contributed by atoms with Crippen LogP contribution in [0, 0.1) is 0 Å². The molecule has 2 fully saturated rings. The maximum absolute atomic E-state index is 6.22. The first-order valence-electron chi connectivity index (χ1n) is 9.29. The van der Waals surface area contributed by atoms with E-state index >= 15 is 0 Å².